The van der Waals surface area contributed by atoms with Gasteiger partial charge in [-0.15, -0.1) is 0 Å². The Kier molecular flexibility index (Phi) is 2.73. The molecule has 1 nitrogen and oxygen atoms in total. The van der Waals surface area contributed by atoms with Gasteiger partial charge >= 0.3 is 0 Å². The van der Waals surface area contributed by atoms with Gasteiger partial charge < -0.3 is 5.11 Å². The van der Waals surface area contributed by atoms with Crippen LogP contribution in [0.4, 0.5) is 4.39 Å². The highest BCUT2D eigenvalue weighted by Gasteiger charge is 2.03. The molecule has 0 saturated heterocycles. The third-order valence-corrected chi connectivity index (χ3v) is 2.68. The predicted molar refractivity (Wildman–Crippen MR) is 53.5 cm³/mol. The number of phenols is 1. The third kappa shape index (κ3) is 1.71. The van der Waals surface area contributed by atoms with Gasteiger partial charge in [-0.25, -0.2) is 4.39 Å². The summed E-state index contributed by atoms with van der Waals surface area (Å²) in [6.45, 7) is 0. The molecule has 10 heavy (non-hydrogen) atoms. The van der Waals surface area contributed by atoms with Gasteiger partial charge in [0.2, 0.25) is 0 Å². The van der Waals surface area contributed by atoms with Crippen LogP contribution in [0, 0.1) is 13.0 Å². The fraction of sp³-hybridized carbons (Fsp3) is 0. The maximum Gasteiger partial charge on any atom is 0.140 e. The normalized spacial score (nSPS) is 9.90. The van der Waals surface area contributed by atoms with Crippen molar-refractivity contribution in [2.24, 2.45) is 0 Å². The highest BCUT2D eigenvalue weighted by Crippen LogP contribution is 2.23. The molecule has 0 amide bonds. The van der Waals surface area contributed by atoms with Gasteiger partial charge in [0.1, 0.15) is 11.6 Å². The average Bonchev–Trinajstić information content (AvgIpc) is 1.84. The molecule has 0 aromatic heterocycles. The zero-order chi connectivity index (χ0) is 7.72. The van der Waals surface area contributed by atoms with Gasteiger partial charge in [0, 0.05) is 6.07 Å². The van der Waals surface area contributed by atoms with E-state index >= 15 is 0 Å². The van der Waals surface area contributed by atoms with E-state index in [0.717, 1.165) is 6.07 Å². The van der Waals surface area contributed by atoms with Crippen LogP contribution < -0.4 is 0 Å². The van der Waals surface area contributed by atoms with E-state index in [4.69, 9.17) is 5.11 Å². The highest BCUT2D eigenvalue weighted by molar-refractivity contribution is 14.1. The van der Waals surface area contributed by atoms with E-state index in [9.17, 15) is 4.39 Å². The van der Waals surface area contributed by atoms with Crippen LogP contribution in [-0.2, 0) is 0 Å². The van der Waals surface area contributed by atoms with Crippen LogP contribution in [0.15, 0.2) is 12.1 Å². The quantitative estimate of drug-likeness (QED) is 0.555. The zero-order valence-electron chi connectivity index (χ0n) is 4.74. The maximum absolute atomic E-state index is 12.6. The first-order valence-electron chi connectivity index (χ1n) is 2.45. The summed E-state index contributed by atoms with van der Waals surface area (Å²) in [6.07, 6.45) is 0. The van der Waals surface area contributed by atoms with Crippen LogP contribution >= 0.6 is 45.2 Å². The Hall–Kier alpha value is 0.410. The number of halogens is 3. The average molecular weight is 364 g/mol. The SMILES string of the molecule is Oc1cc(F)c(I)cc1I. The Balaban J connectivity index is 3.28. The largest absolute Gasteiger partial charge is 0.507 e. The minimum absolute atomic E-state index is 0.00137. The Morgan fingerprint density at radius 3 is 2.30 bits per heavy atom. The summed E-state index contributed by atoms with van der Waals surface area (Å²) in [6, 6.07) is 2.70. The van der Waals surface area contributed by atoms with Crippen molar-refractivity contribution in [3.63, 3.8) is 0 Å². The minimum atomic E-state index is -0.376. The first-order chi connectivity index (χ1) is 4.61. The van der Waals surface area contributed by atoms with Crippen molar-refractivity contribution in [2.45, 2.75) is 0 Å². The van der Waals surface area contributed by atoms with Gasteiger partial charge in [0.25, 0.3) is 0 Å². The predicted octanol–water partition coefficient (Wildman–Crippen LogP) is 2.74. The van der Waals surface area contributed by atoms with Crippen LogP contribution in [0.2, 0.25) is 0 Å². The van der Waals surface area contributed by atoms with Crippen molar-refractivity contribution >= 4 is 45.2 Å². The molecule has 1 N–H and O–H groups in total. The number of hydrogen-bond acceptors (Lipinski definition) is 1. The Labute approximate surface area is 84.9 Å². The molecule has 54 valence electrons. The summed E-state index contributed by atoms with van der Waals surface area (Å²) in [4.78, 5) is 0. The second-order valence-electron chi connectivity index (χ2n) is 1.72. The summed E-state index contributed by atoms with van der Waals surface area (Å²) < 4.78 is 13.8. The Morgan fingerprint density at radius 1 is 1.20 bits per heavy atom. The number of phenolic OH excluding ortho intramolecular Hbond substituents is 1. The summed E-state index contributed by atoms with van der Waals surface area (Å²) in [5.74, 6) is -0.378. The molecule has 0 bridgehead atoms. The Morgan fingerprint density at radius 2 is 1.80 bits per heavy atom. The van der Waals surface area contributed by atoms with Crippen molar-refractivity contribution in [3.05, 3.63) is 25.1 Å². The lowest BCUT2D eigenvalue weighted by Crippen LogP contribution is -1.82. The molecule has 0 aliphatic rings. The van der Waals surface area contributed by atoms with E-state index in [1.807, 2.05) is 45.2 Å². The second-order valence-corrected chi connectivity index (χ2v) is 4.04. The van der Waals surface area contributed by atoms with E-state index in [1.54, 1.807) is 6.07 Å². The van der Waals surface area contributed by atoms with E-state index in [2.05, 4.69) is 0 Å². The molecule has 0 aliphatic carbocycles. The smallest absolute Gasteiger partial charge is 0.140 e. The van der Waals surface area contributed by atoms with Gasteiger partial charge in [-0.2, -0.15) is 0 Å². The van der Waals surface area contributed by atoms with Crippen molar-refractivity contribution in [3.8, 4) is 5.75 Å². The maximum atomic E-state index is 12.6. The number of rotatable bonds is 0. The molecule has 1 aromatic rings. The van der Waals surface area contributed by atoms with Crippen molar-refractivity contribution < 1.29 is 9.50 Å². The van der Waals surface area contributed by atoms with Crippen LogP contribution in [0.25, 0.3) is 0 Å². The van der Waals surface area contributed by atoms with Crippen molar-refractivity contribution in [1.29, 1.82) is 0 Å². The molecular formula is C6H3FI2O. The number of aromatic hydroxyl groups is 1. The van der Waals surface area contributed by atoms with Gasteiger partial charge in [-0.3, -0.25) is 0 Å². The first kappa shape index (κ1) is 8.51. The lowest BCUT2D eigenvalue weighted by molar-refractivity contribution is 0.464. The number of benzene rings is 1. The summed E-state index contributed by atoms with van der Waals surface area (Å²) >= 11 is 3.82. The molecule has 0 atom stereocenters. The molecule has 0 aliphatic heterocycles. The first-order valence-corrected chi connectivity index (χ1v) is 4.60. The highest BCUT2D eigenvalue weighted by atomic mass is 127. The molecule has 0 unspecified atom stereocenters. The summed E-state index contributed by atoms with van der Waals surface area (Å²) in [5, 5.41) is 8.97. The molecule has 0 saturated carbocycles. The van der Waals surface area contributed by atoms with Gasteiger partial charge in [0.15, 0.2) is 0 Å². The minimum Gasteiger partial charge on any atom is -0.507 e. The molecule has 0 fully saturated rings. The second kappa shape index (κ2) is 3.21. The van der Waals surface area contributed by atoms with Gasteiger partial charge in [0.05, 0.1) is 7.14 Å². The fourth-order valence-corrected chi connectivity index (χ4v) is 2.04. The molecule has 1 rings (SSSR count). The van der Waals surface area contributed by atoms with E-state index in [0.29, 0.717) is 7.14 Å². The molecular weight excluding hydrogens is 361 g/mol. The molecule has 1 aromatic carbocycles. The van der Waals surface area contributed by atoms with Crippen LogP contribution in [0.1, 0.15) is 0 Å². The van der Waals surface area contributed by atoms with Crippen molar-refractivity contribution in [2.75, 3.05) is 0 Å². The molecule has 0 spiro atoms. The van der Waals surface area contributed by atoms with E-state index in [1.165, 1.54) is 0 Å². The number of hydrogen-bond donors (Lipinski definition) is 1. The van der Waals surface area contributed by atoms with Gasteiger partial charge in [-0.05, 0) is 51.2 Å². The van der Waals surface area contributed by atoms with Crippen LogP contribution in [-0.4, -0.2) is 5.11 Å². The Bertz CT molecular complexity index is 212. The summed E-state index contributed by atoms with van der Waals surface area (Å²) in [5.41, 5.74) is 0. The third-order valence-electron chi connectivity index (χ3n) is 0.990. The van der Waals surface area contributed by atoms with Crippen molar-refractivity contribution in [1.82, 2.24) is 0 Å². The van der Waals surface area contributed by atoms with Crippen LogP contribution in [0.5, 0.6) is 5.75 Å². The molecule has 0 radical (unpaired) electrons. The standard InChI is InChI=1S/C6H3FI2O/c7-3-1-6(10)5(9)2-4(3)8/h1-2,10H. The van der Waals surface area contributed by atoms with Gasteiger partial charge in [-0.1, -0.05) is 0 Å². The van der Waals surface area contributed by atoms with E-state index < -0.39 is 0 Å². The topological polar surface area (TPSA) is 20.2 Å². The molecule has 0 heterocycles. The zero-order valence-corrected chi connectivity index (χ0v) is 9.05. The fourth-order valence-electron chi connectivity index (χ4n) is 0.512. The van der Waals surface area contributed by atoms with Crippen LogP contribution in [0.3, 0.4) is 0 Å². The lowest BCUT2D eigenvalue weighted by Gasteiger charge is -1.97. The summed E-state index contributed by atoms with van der Waals surface area (Å²) in [7, 11) is 0. The lowest BCUT2D eigenvalue weighted by atomic mass is 10.3. The monoisotopic (exact) mass is 364 g/mol. The molecule has 4 heteroatoms. The van der Waals surface area contributed by atoms with E-state index in [-0.39, 0.29) is 11.6 Å².